The van der Waals surface area contributed by atoms with Gasteiger partial charge in [0.05, 0.1) is 30.8 Å². The van der Waals surface area contributed by atoms with Gasteiger partial charge in [0.15, 0.2) is 6.10 Å². The summed E-state index contributed by atoms with van der Waals surface area (Å²) in [5.41, 5.74) is 5.69. The zero-order valence-corrected chi connectivity index (χ0v) is 51.8. The van der Waals surface area contributed by atoms with Crippen molar-refractivity contribution in [1.29, 1.82) is 0 Å². The van der Waals surface area contributed by atoms with E-state index in [1.165, 1.54) is 40.7 Å². The lowest BCUT2D eigenvalue weighted by Gasteiger charge is -2.34. The Labute approximate surface area is 515 Å². The van der Waals surface area contributed by atoms with Gasteiger partial charge in [-0.3, -0.25) is 67.1 Å². The zero-order valence-electron chi connectivity index (χ0n) is 51.8. The number of aliphatic hydroxyl groups is 1. The number of fused-ring (bicyclic) bond motifs is 1. The number of aliphatic hydroxyl groups excluding tert-OH is 1. The maximum Gasteiger partial charge on any atom is 0.335 e. The minimum absolute atomic E-state index is 0.0276. The highest BCUT2D eigenvalue weighted by Crippen LogP contribution is 2.26. The van der Waals surface area contributed by atoms with Gasteiger partial charge < -0.3 is 89.3 Å². The number of hydrogen-bond donors (Lipinski definition) is 16. The average molecular weight is 1260 g/mol. The van der Waals surface area contributed by atoms with Gasteiger partial charge in [0, 0.05) is 12.6 Å². The van der Waals surface area contributed by atoms with Crippen molar-refractivity contribution in [1.82, 2.24) is 58.1 Å². The number of rotatable bonds is 23. The van der Waals surface area contributed by atoms with E-state index >= 15 is 0 Å². The van der Waals surface area contributed by atoms with Gasteiger partial charge in [0.1, 0.15) is 54.4 Å². The number of aliphatic carboxylic acids is 4. The third kappa shape index (κ3) is 24.2. The van der Waals surface area contributed by atoms with Crippen LogP contribution in [-0.2, 0) is 71.9 Å². The first-order valence-electron chi connectivity index (χ1n) is 29.5. The van der Waals surface area contributed by atoms with Crippen LogP contribution in [0.2, 0.25) is 0 Å². The summed E-state index contributed by atoms with van der Waals surface area (Å²) in [5, 5.41) is 73.2. The van der Waals surface area contributed by atoms with E-state index in [0.29, 0.717) is 12.3 Å². The van der Waals surface area contributed by atoms with Crippen molar-refractivity contribution < 1.29 is 97.5 Å². The first-order valence-corrected chi connectivity index (χ1v) is 29.5. The van der Waals surface area contributed by atoms with Crippen molar-refractivity contribution in [2.24, 2.45) is 41.2 Å². The fraction of sp³-hybridized carbons (Fsp3) is 0.667. The molecular formula is C57H90N12O20. The first-order chi connectivity index (χ1) is 41.6. The molecule has 0 saturated carbocycles. The van der Waals surface area contributed by atoms with Crippen LogP contribution in [0, 0.1) is 35.5 Å². The normalized spacial score (nSPS) is 26.1. The Morgan fingerprint density at radius 3 is 1.81 bits per heavy atom. The molecule has 498 valence electrons. The fourth-order valence-corrected chi connectivity index (χ4v) is 9.41. The van der Waals surface area contributed by atoms with E-state index in [0.717, 1.165) is 37.7 Å². The molecule has 2 rings (SSSR count). The highest BCUT2D eigenvalue weighted by atomic mass is 16.4. The van der Waals surface area contributed by atoms with Crippen molar-refractivity contribution in [2.45, 2.75) is 187 Å². The molecule has 2 aliphatic heterocycles. The van der Waals surface area contributed by atoms with Crippen LogP contribution in [0.5, 0.6) is 0 Å². The van der Waals surface area contributed by atoms with E-state index in [2.05, 4.69) is 44.1 Å². The van der Waals surface area contributed by atoms with E-state index in [9.17, 15) is 97.5 Å². The molecule has 32 heteroatoms. The monoisotopic (exact) mass is 1260 g/mol. The smallest absolute Gasteiger partial charge is 0.335 e. The molecule has 89 heavy (non-hydrogen) atoms. The predicted molar refractivity (Wildman–Crippen MR) is 314 cm³/mol. The number of nitrogens with two attached hydrogens (primary N) is 1. The summed E-state index contributed by atoms with van der Waals surface area (Å²) in [6, 6.07) is -18.6. The molecule has 0 bridgehead atoms. The van der Waals surface area contributed by atoms with Crippen LogP contribution in [0.1, 0.15) is 121 Å². The summed E-state index contributed by atoms with van der Waals surface area (Å²) in [6.07, 6.45) is 4.14. The minimum atomic E-state index is -2.84. The van der Waals surface area contributed by atoms with Gasteiger partial charge in [0.2, 0.25) is 65.0 Å². The molecule has 2 saturated heterocycles. The number of carbonyl (C=O) groups is 15. The van der Waals surface area contributed by atoms with Crippen LogP contribution in [0.4, 0.5) is 0 Å². The molecule has 2 aliphatic rings. The van der Waals surface area contributed by atoms with Gasteiger partial charge >= 0.3 is 23.9 Å². The third-order valence-corrected chi connectivity index (χ3v) is 15.2. The maximum absolute atomic E-state index is 14.8. The molecule has 32 nitrogen and oxygen atoms in total. The van der Waals surface area contributed by atoms with Crippen LogP contribution >= 0.6 is 0 Å². The minimum Gasteiger partial charge on any atom is -0.481 e. The quantitative estimate of drug-likeness (QED) is 0.0268. The lowest BCUT2D eigenvalue weighted by molar-refractivity contribution is -0.153. The number of carboxylic acid groups (broad SMARTS) is 4. The van der Waals surface area contributed by atoms with Gasteiger partial charge in [-0.15, -0.1) is 0 Å². The summed E-state index contributed by atoms with van der Waals surface area (Å²) in [6.45, 7) is 13.9. The number of amides is 11. The van der Waals surface area contributed by atoms with E-state index in [-0.39, 0.29) is 38.8 Å². The molecule has 0 radical (unpaired) electrons. The molecule has 2 fully saturated rings. The second-order valence-electron chi connectivity index (χ2n) is 23.2. The average Bonchev–Trinajstić information content (AvgIpc) is 2.39. The number of allylic oxidation sites excluding steroid dienone is 3. The lowest BCUT2D eigenvalue weighted by Crippen LogP contribution is -2.65. The largest absolute Gasteiger partial charge is 0.481 e. The van der Waals surface area contributed by atoms with Crippen molar-refractivity contribution >= 4 is 88.9 Å². The van der Waals surface area contributed by atoms with Crippen molar-refractivity contribution in [3.63, 3.8) is 0 Å². The number of carbonyl (C=O) groups excluding carboxylic acids is 11. The second-order valence-corrected chi connectivity index (χ2v) is 23.2. The van der Waals surface area contributed by atoms with Gasteiger partial charge in [-0.25, -0.2) is 4.79 Å². The van der Waals surface area contributed by atoms with E-state index in [4.69, 9.17) is 5.73 Å². The summed E-state index contributed by atoms with van der Waals surface area (Å²) in [7, 11) is 0. The zero-order chi connectivity index (χ0) is 67.7. The molecule has 17 N–H and O–H groups in total. The van der Waals surface area contributed by atoms with Crippen LogP contribution in [0.3, 0.4) is 0 Å². The highest BCUT2D eigenvalue weighted by Gasteiger charge is 2.45. The van der Waals surface area contributed by atoms with Crippen LogP contribution in [-0.4, -0.2) is 205 Å². The Morgan fingerprint density at radius 1 is 0.663 bits per heavy atom. The topological polar surface area (TPSA) is 507 Å². The van der Waals surface area contributed by atoms with Gasteiger partial charge in [-0.1, -0.05) is 73.1 Å². The fourth-order valence-electron chi connectivity index (χ4n) is 9.41. The molecule has 15 unspecified atom stereocenters. The van der Waals surface area contributed by atoms with Crippen LogP contribution in [0.15, 0.2) is 24.3 Å². The third-order valence-electron chi connectivity index (χ3n) is 15.2. The summed E-state index contributed by atoms with van der Waals surface area (Å²) < 4.78 is 0. The summed E-state index contributed by atoms with van der Waals surface area (Å²) >= 11 is 0. The molecule has 0 aromatic carbocycles. The maximum atomic E-state index is 14.8. The summed E-state index contributed by atoms with van der Waals surface area (Å²) in [4.78, 5) is 205. The highest BCUT2D eigenvalue weighted by molar-refractivity contribution is 6.02. The molecule has 2 heterocycles. The molecule has 15 atom stereocenters. The van der Waals surface area contributed by atoms with E-state index in [1.807, 2.05) is 29.0 Å². The van der Waals surface area contributed by atoms with Crippen LogP contribution < -0.4 is 58.9 Å². The molecule has 11 amide bonds. The van der Waals surface area contributed by atoms with E-state index in [1.54, 1.807) is 13.0 Å². The van der Waals surface area contributed by atoms with Crippen molar-refractivity contribution in [2.75, 3.05) is 19.6 Å². The van der Waals surface area contributed by atoms with Gasteiger partial charge in [-0.2, -0.15) is 0 Å². The second kappa shape index (κ2) is 36.7. The van der Waals surface area contributed by atoms with Crippen molar-refractivity contribution in [3.05, 3.63) is 24.3 Å². The van der Waals surface area contributed by atoms with Crippen LogP contribution in [0.25, 0.3) is 0 Å². The standard InChI is InChI=1S/C57H90N12O20/c1-11-28(6)18-14-12-13-15-20-36(70)63-41(30(8)55(84)85)51(80)67-43-32(10)60-48(77)35-22-29(7)25-69(35)54(83)40(27(4)5)66-50(79)42(31(9)56(86)87)64-37(71)24-59-46(75)34(23-38(72)73)62-53(82)44(45(74)57(88)89)68-47(76)33(19-16-17-21-58)61-49(78)39(26(2)3)65-52(43)81/h12-13,15,20,26-35,39-45,74H,11,14,16-19,21-25,58H2,1-10H3,(H,59,75)(H,60,77)(H,61,78)(H,62,82)(H,63,70)(H,64,71)(H,65,81)(H,66,79)(H,67,80)(H,68,76)(H,72,73)(H,84,85)(H,86,87)(H,88,89). The van der Waals surface area contributed by atoms with E-state index < -0.39 is 198 Å². The van der Waals surface area contributed by atoms with Gasteiger partial charge in [0.25, 0.3) is 0 Å². The molecular weight excluding hydrogens is 1170 g/mol. The summed E-state index contributed by atoms with van der Waals surface area (Å²) in [5.74, 6) is -25.6. The Bertz CT molecular complexity index is 2650. The Balaban J connectivity index is 2.96. The lowest BCUT2D eigenvalue weighted by atomic mass is 9.97. The molecule has 0 aromatic rings. The number of nitrogens with one attached hydrogen (secondary N) is 10. The number of nitrogens with zero attached hydrogens (tertiary/aromatic N) is 1. The van der Waals surface area contributed by atoms with Gasteiger partial charge in [-0.05, 0) is 89.5 Å². The predicted octanol–water partition coefficient (Wildman–Crippen LogP) is -3.52. The SMILES string of the molecule is CCC(C)CCC=CC=CC(=O)NC(C(=O)NC1C(=O)NC(C(C)C)C(=O)NC(CCCCN)C(=O)NC(C(O)C(=O)O)C(=O)NC(CC(=O)O)C(=O)NCC(=O)NC(C(C)C(=O)O)C(=O)NC(C(C)C)C(=O)N2CC(C)CC2C(=O)NC1C)C(C)C(=O)O. The van der Waals surface area contributed by atoms with Crippen molar-refractivity contribution in [3.8, 4) is 0 Å². The number of hydrogen-bond acceptors (Lipinski definition) is 17. The Morgan fingerprint density at radius 2 is 1.25 bits per heavy atom. The molecule has 0 spiro atoms. The Kier molecular flexibility index (Phi) is 31.6. The Hall–Kier alpha value is -8.55. The number of carboxylic acids is 4. The number of unbranched alkanes of at least 4 members (excludes halogenated alkanes) is 1. The molecule has 0 aliphatic carbocycles. The molecule has 0 aromatic heterocycles. The first kappa shape index (κ1) is 76.5.